The van der Waals surface area contributed by atoms with Crippen molar-refractivity contribution in [1.29, 1.82) is 0 Å². The van der Waals surface area contributed by atoms with Gasteiger partial charge in [-0.15, -0.1) is 0 Å². The zero-order chi connectivity index (χ0) is 18.5. The lowest BCUT2D eigenvalue weighted by Crippen LogP contribution is -2.17. The van der Waals surface area contributed by atoms with Gasteiger partial charge in [-0.2, -0.15) is 5.10 Å². The zero-order valence-corrected chi connectivity index (χ0v) is 14.7. The second-order valence-corrected chi connectivity index (χ2v) is 6.23. The SMILES string of the molecule is O=C(Nc1ccnn1Cc1ccccc1)c1ccccc1-c1ccccc1. The molecule has 4 nitrogen and oxygen atoms in total. The lowest BCUT2D eigenvalue weighted by atomic mass is 9.99. The van der Waals surface area contributed by atoms with Crippen LogP contribution in [0.5, 0.6) is 0 Å². The molecule has 0 aliphatic heterocycles. The minimum Gasteiger partial charge on any atom is -0.307 e. The summed E-state index contributed by atoms with van der Waals surface area (Å²) < 4.78 is 1.79. The highest BCUT2D eigenvalue weighted by Crippen LogP contribution is 2.24. The molecule has 0 saturated carbocycles. The van der Waals surface area contributed by atoms with Crippen molar-refractivity contribution in [3.8, 4) is 11.1 Å². The summed E-state index contributed by atoms with van der Waals surface area (Å²) in [6.45, 7) is 0.601. The molecule has 4 rings (SSSR count). The maximum absolute atomic E-state index is 13.0. The van der Waals surface area contributed by atoms with Crippen LogP contribution >= 0.6 is 0 Å². The van der Waals surface area contributed by atoms with Gasteiger partial charge in [0, 0.05) is 11.6 Å². The van der Waals surface area contributed by atoms with E-state index in [0.717, 1.165) is 16.7 Å². The van der Waals surface area contributed by atoms with Crippen molar-refractivity contribution in [2.24, 2.45) is 0 Å². The number of rotatable bonds is 5. The van der Waals surface area contributed by atoms with E-state index >= 15 is 0 Å². The van der Waals surface area contributed by atoms with Gasteiger partial charge in [0.15, 0.2) is 0 Å². The van der Waals surface area contributed by atoms with E-state index in [1.165, 1.54) is 0 Å². The van der Waals surface area contributed by atoms with E-state index in [9.17, 15) is 4.79 Å². The van der Waals surface area contributed by atoms with Crippen LogP contribution in [0.15, 0.2) is 97.2 Å². The largest absolute Gasteiger partial charge is 0.307 e. The van der Waals surface area contributed by atoms with Crippen molar-refractivity contribution in [3.05, 3.63) is 108 Å². The van der Waals surface area contributed by atoms with Crippen LogP contribution in [0.1, 0.15) is 15.9 Å². The molecule has 0 bridgehead atoms. The van der Waals surface area contributed by atoms with E-state index in [4.69, 9.17) is 0 Å². The van der Waals surface area contributed by atoms with Crippen LogP contribution in [-0.2, 0) is 6.54 Å². The molecule has 0 aliphatic rings. The molecular weight excluding hydrogens is 334 g/mol. The van der Waals surface area contributed by atoms with Crippen molar-refractivity contribution in [3.63, 3.8) is 0 Å². The molecule has 3 aromatic carbocycles. The highest BCUT2D eigenvalue weighted by Gasteiger charge is 2.14. The Kier molecular flexibility index (Phi) is 4.79. The first-order valence-electron chi connectivity index (χ1n) is 8.83. The maximum atomic E-state index is 13.0. The van der Waals surface area contributed by atoms with Gasteiger partial charge in [-0.05, 0) is 22.8 Å². The van der Waals surface area contributed by atoms with Crippen molar-refractivity contribution < 1.29 is 4.79 Å². The average molecular weight is 353 g/mol. The van der Waals surface area contributed by atoms with Crippen LogP contribution in [0.3, 0.4) is 0 Å². The Morgan fingerprint density at radius 3 is 2.26 bits per heavy atom. The van der Waals surface area contributed by atoms with Gasteiger partial charge in [-0.1, -0.05) is 78.9 Å². The second-order valence-electron chi connectivity index (χ2n) is 6.23. The first kappa shape index (κ1) is 16.8. The number of carbonyl (C=O) groups excluding carboxylic acids is 1. The molecule has 1 amide bonds. The standard InChI is InChI=1S/C23H19N3O/c27-23(21-14-8-7-13-20(21)19-11-5-2-6-12-19)25-22-15-16-24-26(22)17-18-9-3-1-4-10-18/h1-16H,17H2,(H,25,27). The van der Waals surface area contributed by atoms with Gasteiger partial charge in [0.1, 0.15) is 5.82 Å². The fraction of sp³-hybridized carbons (Fsp3) is 0.0435. The third kappa shape index (κ3) is 3.80. The summed E-state index contributed by atoms with van der Waals surface area (Å²) in [7, 11) is 0. The van der Waals surface area contributed by atoms with Gasteiger partial charge in [-0.25, -0.2) is 4.68 Å². The molecule has 1 heterocycles. The molecule has 0 saturated heterocycles. The molecule has 4 heteroatoms. The van der Waals surface area contributed by atoms with Gasteiger partial charge in [-0.3, -0.25) is 4.79 Å². The summed E-state index contributed by atoms with van der Waals surface area (Å²) in [6, 6.07) is 29.4. The minimum atomic E-state index is -0.149. The number of carbonyl (C=O) groups is 1. The summed E-state index contributed by atoms with van der Waals surface area (Å²) in [6.07, 6.45) is 1.70. The minimum absolute atomic E-state index is 0.149. The summed E-state index contributed by atoms with van der Waals surface area (Å²) >= 11 is 0. The van der Waals surface area contributed by atoms with Crippen LogP contribution in [0.25, 0.3) is 11.1 Å². The van der Waals surface area contributed by atoms with Crippen LogP contribution in [0.4, 0.5) is 5.82 Å². The highest BCUT2D eigenvalue weighted by molar-refractivity contribution is 6.08. The normalized spacial score (nSPS) is 10.5. The van der Waals surface area contributed by atoms with Gasteiger partial charge < -0.3 is 5.32 Å². The van der Waals surface area contributed by atoms with E-state index in [1.807, 2.05) is 91.0 Å². The Labute approximate surface area is 158 Å². The van der Waals surface area contributed by atoms with Crippen LogP contribution in [0, 0.1) is 0 Å². The smallest absolute Gasteiger partial charge is 0.257 e. The zero-order valence-electron chi connectivity index (χ0n) is 14.7. The molecule has 1 N–H and O–H groups in total. The first-order chi connectivity index (χ1) is 13.3. The maximum Gasteiger partial charge on any atom is 0.257 e. The number of benzene rings is 3. The van der Waals surface area contributed by atoms with E-state index in [0.29, 0.717) is 17.9 Å². The summed E-state index contributed by atoms with van der Waals surface area (Å²) in [5, 5.41) is 7.34. The van der Waals surface area contributed by atoms with Gasteiger partial charge >= 0.3 is 0 Å². The Morgan fingerprint density at radius 2 is 1.48 bits per heavy atom. The Hall–Kier alpha value is -3.66. The van der Waals surface area contributed by atoms with Crippen molar-refractivity contribution in [2.75, 3.05) is 5.32 Å². The number of nitrogens with zero attached hydrogens (tertiary/aromatic N) is 2. The van der Waals surface area contributed by atoms with Gasteiger partial charge in [0.05, 0.1) is 12.7 Å². The molecular formula is C23H19N3O. The third-order valence-corrected chi connectivity index (χ3v) is 4.39. The molecule has 132 valence electrons. The Bertz CT molecular complexity index is 1040. The lowest BCUT2D eigenvalue weighted by Gasteiger charge is -2.12. The number of aromatic nitrogens is 2. The Morgan fingerprint density at radius 1 is 0.815 bits per heavy atom. The molecule has 0 fully saturated rings. The second kappa shape index (κ2) is 7.70. The van der Waals surface area contributed by atoms with Crippen molar-refractivity contribution >= 4 is 11.7 Å². The third-order valence-electron chi connectivity index (χ3n) is 4.39. The number of hydrogen-bond acceptors (Lipinski definition) is 2. The number of anilines is 1. The van der Waals surface area contributed by atoms with E-state index in [1.54, 1.807) is 10.9 Å². The highest BCUT2D eigenvalue weighted by atomic mass is 16.1. The summed E-state index contributed by atoms with van der Waals surface area (Å²) in [4.78, 5) is 13.0. The van der Waals surface area contributed by atoms with Crippen LogP contribution < -0.4 is 5.32 Å². The number of nitrogens with one attached hydrogen (secondary N) is 1. The van der Waals surface area contributed by atoms with E-state index in [2.05, 4.69) is 10.4 Å². The van der Waals surface area contributed by atoms with E-state index in [-0.39, 0.29) is 5.91 Å². The fourth-order valence-electron chi connectivity index (χ4n) is 3.06. The molecule has 0 atom stereocenters. The predicted octanol–water partition coefficient (Wildman–Crippen LogP) is 4.85. The molecule has 27 heavy (non-hydrogen) atoms. The summed E-state index contributed by atoms with van der Waals surface area (Å²) in [5.74, 6) is 0.524. The summed E-state index contributed by atoms with van der Waals surface area (Å²) in [5.41, 5.74) is 3.68. The molecule has 0 unspecified atom stereocenters. The lowest BCUT2D eigenvalue weighted by molar-refractivity contribution is 0.102. The topological polar surface area (TPSA) is 46.9 Å². The van der Waals surface area contributed by atoms with Crippen molar-refractivity contribution in [1.82, 2.24) is 9.78 Å². The predicted molar refractivity (Wildman–Crippen MR) is 108 cm³/mol. The Balaban J connectivity index is 1.59. The monoisotopic (exact) mass is 353 g/mol. The number of amides is 1. The fourth-order valence-corrected chi connectivity index (χ4v) is 3.06. The average Bonchev–Trinajstić information content (AvgIpc) is 3.16. The van der Waals surface area contributed by atoms with Gasteiger partial charge in [0.2, 0.25) is 0 Å². The van der Waals surface area contributed by atoms with Gasteiger partial charge in [0.25, 0.3) is 5.91 Å². The first-order valence-corrected chi connectivity index (χ1v) is 8.83. The van der Waals surface area contributed by atoms with Crippen LogP contribution in [0.2, 0.25) is 0 Å². The van der Waals surface area contributed by atoms with Crippen LogP contribution in [-0.4, -0.2) is 15.7 Å². The van der Waals surface area contributed by atoms with E-state index < -0.39 is 0 Å². The molecule has 0 radical (unpaired) electrons. The van der Waals surface area contributed by atoms with Crippen molar-refractivity contribution in [2.45, 2.75) is 6.54 Å². The molecule has 0 spiro atoms. The molecule has 0 aliphatic carbocycles. The number of hydrogen-bond donors (Lipinski definition) is 1. The molecule has 1 aromatic heterocycles. The molecule has 4 aromatic rings. The quantitative estimate of drug-likeness (QED) is 0.557.